The van der Waals surface area contributed by atoms with Crippen molar-refractivity contribution in [2.75, 3.05) is 24.2 Å². The largest absolute Gasteiger partial charge is 0.487 e. The Bertz CT molecular complexity index is 454. The summed E-state index contributed by atoms with van der Waals surface area (Å²) < 4.78 is 9.47. The molecular formula is C9H14N6OS. The van der Waals surface area contributed by atoms with Crippen LogP contribution in [0.3, 0.4) is 0 Å². The Morgan fingerprint density at radius 1 is 1.59 bits per heavy atom. The van der Waals surface area contributed by atoms with Crippen LogP contribution >= 0.6 is 11.5 Å². The van der Waals surface area contributed by atoms with Crippen LogP contribution in [0.4, 0.5) is 10.8 Å². The minimum Gasteiger partial charge on any atom is -0.487 e. The molecule has 8 heteroatoms. The number of nitrogens with two attached hydrogens (primary N) is 1. The molecule has 0 radical (unpaired) electrons. The topological polar surface area (TPSA) is 102 Å². The number of anilines is 2. The van der Waals surface area contributed by atoms with Crippen LogP contribution in [0, 0.1) is 0 Å². The molecule has 92 valence electrons. The Balaban J connectivity index is 1.90. The molecule has 0 atom stereocenters. The van der Waals surface area contributed by atoms with E-state index in [9.17, 15) is 0 Å². The second-order valence-corrected chi connectivity index (χ2v) is 4.04. The van der Waals surface area contributed by atoms with Crippen LogP contribution in [0.25, 0.3) is 0 Å². The van der Waals surface area contributed by atoms with Crippen molar-refractivity contribution in [3.63, 3.8) is 0 Å². The van der Waals surface area contributed by atoms with E-state index in [0.717, 1.165) is 23.8 Å². The van der Waals surface area contributed by atoms with E-state index in [-0.39, 0.29) is 0 Å². The minimum atomic E-state index is 0.430. The molecule has 7 nitrogen and oxygen atoms in total. The van der Waals surface area contributed by atoms with Gasteiger partial charge in [0, 0.05) is 13.0 Å². The highest BCUT2D eigenvalue weighted by molar-refractivity contribution is 7.11. The number of nitrogens with one attached hydrogen (secondary N) is 2. The molecule has 0 aliphatic carbocycles. The van der Waals surface area contributed by atoms with Gasteiger partial charge in [0.1, 0.15) is 12.2 Å². The molecule has 0 aliphatic heterocycles. The summed E-state index contributed by atoms with van der Waals surface area (Å²) in [5, 5.41) is 10.7. The van der Waals surface area contributed by atoms with E-state index < -0.39 is 0 Å². The lowest BCUT2D eigenvalue weighted by molar-refractivity contribution is 0.344. The molecule has 0 saturated carbocycles. The number of aromatic amines is 1. The molecular weight excluding hydrogens is 240 g/mol. The summed E-state index contributed by atoms with van der Waals surface area (Å²) in [6.45, 7) is 3.20. The molecule has 0 unspecified atom stereocenters. The van der Waals surface area contributed by atoms with Gasteiger partial charge in [-0.05, 0) is 18.5 Å². The van der Waals surface area contributed by atoms with Crippen molar-refractivity contribution in [2.24, 2.45) is 0 Å². The first-order chi connectivity index (χ1) is 8.31. The van der Waals surface area contributed by atoms with Crippen molar-refractivity contribution in [3.05, 3.63) is 12.2 Å². The van der Waals surface area contributed by atoms with Gasteiger partial charge in [-0.15, -0.1) is 0 Å². The first-order valence-corrected chi connectivity index (χ1v) is 6.04. The second kappa shape index (κ2) is 5.48. The molecule has 0 aromatic carbocycles. The maximum Gasteiger partial charge on any atom is 0.197 e. The number of hydrogen-bond donors (Lipinski definition) is 3. The zero-order chi connectivity index (χ0) is 12.1. The minimum absolute atomic E-state index is 0.430. The number of nitrogens with zero attached hydrogens (tertiary/aromatic N) is 3. The molecule has 0 saturated heterocycles. The second-order valence-electron chi connectivity index (χ2n) is 3.27. The number of hydrogen-bond acceptors (Lipinski definition) is 7. The molecule has 17 heavy (non-hydrogen) atoms. The quantitative estimate of drug-likeness (QED) is 0.707. The summed E-state index contributed by atoms with van der Waals surface area (Å²) in [5.74, 6) is 1.90. The third-order valence-electron chi connectivity index (χ3n) is 2.08. The summed E-state index contributed by atoms with van der Waals surface area (Å²) in [6.07, 6.45) is 2.25. The van der Waals surface area contributed by atoms with E-state index in [1.807, 2.05) is 6.92 Å². The molecule has 0 amide bonds. The predicted octanol–water partition coefficient (Wildman–Crippen LogP) is 0.897. The Hall–Kier alpha value is -1.83. The number of H-pyrrole nitrogens is 1. The fourth-order valence-electron chi connectivity index (χ4n) is 1.34. The molecule has 0 spiro atoms. The standard InChI is InChI=1S/C9H14N6OS/c1-2-16-7-8(10)15-17-9(7)11-4-3-6-12-5-13-14-6/h5,11H,2-4H2,1H3,(H2,10,15)(H,12,13,14). The number of aromatic nitrogens is 4. The zero-order valence-corrected chi connectivity index (χ0v) is 10.3. The van der Waals surface area contributed by atoms with Crippen molar-refractivity contribution in [1.29, 1.82) is 0 Å². The van der Waals surface area contributed by atoms with Gasteiger partial charge >= 0.3 is 0 Å². The van der Waals surface area contributed by atoms with Crippen molar-refractivity contribution < 1.29 is 4.74 Å². The van der Waals surface area contributed by atoms with Gasteiger partial charge in [0.05, 0.1) is 6.61 Å². The molecule has 2 aromatic rings. The highest BCUT2D eigenvalue weighted by Gasteiger charge is 2.11. The number of nitrogen functional groups attached to an aromatic ring is 1. The monoisotopic (exact) mass is 254 g/mol. The summed E-state index contributed by atoms with van der Waals surface area (Å²) in [7, 11) is 0. The summed E-state index contributed by atoms with van der Waals surface area (Å²) in [6, 6.07) is 0. The highest BCUT2D eigenvalue weighted by atomic mass is 32.1. The lowest BCUT2D eigenvalue weighted by atomic mass is 10.4. The lowest BCUT2D eigenvalue weighted by Crippen LogP contribution is -2.06. The molecule has 0 fully saturated rings. The Kier molecular flexibility index (Phi) is 3.76. The van der Waals surface area contributed by atoms with Gasteiger partial charge in [-0.1, -0.05) is 0 Å². The summed E-state index contributed by atoms with van der Waals surface area (Å²) in [5.41, 5.74) is 5.70. The molecule has 0 aliphatic rings. The van der Waals surface area contributed by atoms with E-state index in [4.69, 9.17) is 10.5 Å². The molecule has 2 heterocycles. The van der Waals surface area contributed by atoms with Crippen molar-refractivity contribution in [2.45, 2.75) is 13.3 Å². The Labute approximate surface area is 103 Å². The van der Waals surface area contributed by atoms with Crippen molar-refractivity contribution in [3.8, 4) is 5.75 Å². The van der Waals surface area contributed by atoms with Gasteiger partial charge in [-0.2, -0.15) is 9.47 Å². The highest BCUT2D eigenvalue weighted by Crippen LogP contribution is 2.34. The van der Waals surface area contributed by atoms with Crippen LogP contribution in [-0.4, -0.2) is 32.7 Å². The molecule has 4 N–H and O–H groups in total. The van der Waals surface area contributed by atoms with E-state index in [0.29, 0.717) is 18.2 Å². The average Bonchev–Trinajstić information content (AvgIpc) is 2.93. The van der Waals surface area contributed by atoms with Crippen LogP contribution in [0.2, 0.25) is 0 Å². The van der Waals surface area contributed by atoms with Gasteiger partial charge in [0.25, 0.3) is 0 Å². The van der Waals surface area contributed by atoms with Gasteiger partial charge in [-0.3, -0.25) is 5.10 Å². The van der Waals surface area contributed by atoms with Gasteiger partial charge in [0.2, 0.25) is 0 Å². The van der Waals surface area contributed by atoms with Gasteiger partial charge in [-0.25, -0.2) is 4.98 Å². The van der Waals surface area contributed by atoms with E-state index in [2.05, 4.69) is 24.9 Å². The molecule has 0 bridgehead atoms. The van der Waals surface area contributed by atoms with E-state index in [1.54, 1.807) is 0 Å². The van der Waals surface area contributed by atoms with E-state index >= 15 is 0 Å². The molecule has 2 aromatic heterocycles. The maximum absolute atomic E-state index is 5.70. The fraction of sp³-hybridized carbons (Fsp3) is 0.444. The van der Waals surface area contributed by atoms with Gasteiger partial charge < -0.3 is 15.8 Å². The fourth-order valence-corrected chi connectivity index (χ4v) is 2.02. The SMILES string of the molecule is CCOc1c(N)nsc1NCCc1ncn[nH]1. The lowest BCUT2D eigenvalue weighted by Gasteiger charge is -2.06. The summed E-state index contributed by atoms with van der Waals surface area (Å²) >= 11 is 1.30. The Morgan fingerprint density at radius 3 is 3.18 bits per heavy atom. The van der Waals surface area contributed by atoms with Crippen LogP contribution in [0.1, 0.15) is 12.7 Å². The van der Waals surface area contributed by atoms with Crippen LogP contribution in [0.5, 0.6) is 5.75 Å². The maximum atomic E-state index is 5.70. The van der Waals surface area contributed by atoms with Gasteiger partial charge in [0.15, 0.2) is 16.6 Å². The Morgan fingerprint density at radius 2 is 2.47 bits per heavy atom. The number of rotatable bonds is 6. The first-order valence-electron chi connectivity index (χ1n) is 5.27. The third kappa shape index (κ3) is 2.84. The first kappa shape index (κ1) is 11.6. The number of ether oxygens (including phenoxy) is 1. The van der Waals surface area contributed by atoms with Crippen LogP contribution in [-0.2, 0) is 6.42 Å². The predicted molar refractivity (Wildman–Crippen MR) is 66.3 cm³/mol. The summed E-state index contributed by atoms with van der Waals surface area (Å²) in [4.78, 5) is 4.04. The third-order valence-corrected chi connectivity index (χ3v) is 2.88. The normalized spacial score (nSPS) is 10.4. The zero-order valence-electron chi connectivity index (χ0n) is 9.43. The molecule has 2 rings (SSSR count). The van der Waals surface area contributed by atoms with Crippen molar-refractivity contribution >= 4 is 22.4 Å². The van der Waals surface area contributed by atoms with Crippen molar-refractivity contribution in [1.82, 2.24) is 19.6 Å². The smallest absolute Gasteiger partial charge is 0.197 e. The van der Waals surface area contributed by atoms with Crippen LogP contribution < -0.4 is 15.8 Å². The average molecular weight is 254 g/mol. The van der Waals surface area contributed by atoms with E-state index in [1.165, 1.54) is 17.9 Å². The van der Waals surface area contributed by atoms with Crippen LogP contribution in [0.15, 0.2) is 6.33 Å².